The molecule has 0 bridgehead atoms. The van der Waals surface area contributed by atoms with E-state index in [1.807, 2.05) is 37.3 Å². The van der Waals surface area contributed by atoms with Crippen LogP contribution in [0.3, 0.4) is 0 Å². The fraction of sp³-hybridized carbons (Fsp3) is 0.368. The number of carbonyl (C=O) groups excluding carboxylic acids is 3. The maximum absolute atomic E-state index is 12.6. The van der Waals surface area contributed by atoms with Crippen LogP contribution in [-0.4, -0.2) is 57.6 Å². The molecule has 8 nitrogen and oxygen atoms in total. The lowest BCUT2D eigenvalue weighted by atomic mass is 10.1. The molecule has 0 spiro atoms. The molecule has 1 aliphatic rings. The van der Waals surface area contributed by atoms with Gasteiger partial charge in [-0.3, -0.25) is 14.4 Å². The van der Waals surface area contributed by atoms with Crippen LogP contribution >= 0.6 is 0 Å². The third kappa shape index (κ3) is 4.16. The van der Waals surface area contributed by atoms with Crippen molar-refractivity contribution in [2.45, 2.75) is 32.4 Å². The number of hydrogen-bond acceptors (Lipinski definition) is 4. The number of hydrogen-bond donors (Lipinski definition) is 2. The van der Waals surface area contributed by atoms with Crippen molar-refractivity contribution in [2.24, 2.45) is 0 Å². The molecule has 8 heteroatoms. The predicted molar refractivity (Wildman–Crippen MR) is 99.3 cm³/mol. The second kappa shape index (κ2) is 8.03. The largest absolute Gasteiger partial charge is 0.355 e. The van der Waals surface area contributed by atoms with E-state index in [1.165, 1.54) is 18.0 Å². The molecular weight excluding hydrogens is 346 g/mol. The van der Waals surface area contributed by atoms with E-state index in [-0.39, 0.29) is 23.8 Å². The van der Waals surface area contributed by atoms with Crippen LogP contribution in [0.2, 0.25) is 0 Å². The Morgan fingerprint density at radius 1 is 1.22 bits per heavy atom. The zero-order valence-electron chi connectivity index (χ0n) is 15.4. The monoisotopic (exact) mass is 369 g/mol. The molecule has 3 amide bonds. The maximum atomic E-state index is 12.6. The molecule has 1 aromatic heterocycles. The molecule has 0 saturated carbocycles. The van der Waals surface area contributed by atoms with Gasteiger partial charge in [0.1, 0.15) is 6.04 Å². The van der Waals surface area contributed by atoms with Gasteiger partial charge in [-0.15, -0.1) is 0 Å². The quantitative estimate of drug-likeness (QED) is 0.812. The van der Waals surface area contributed by atoms with Gasteiger partial charge in [0.05, 0.1) is 17.4 Å². The molecule has 27 heavy (non-hydrogen) atoms. The summed E-state index contributed by atoms with van der Waals surface area (Å²) < 4.78 is 1.63. The first-order valence-corrected chi connectivity index (χ1v) is 8.95. The summed E-state index contributed by atoms with van der Waals surface area (Å²) in [4.78, 5) is 38.1. The first kappa shape index (κ1) is 18.6. The molecule has 2 aromatic rings. The van der Waals surface area contributed by atoms with E-state index in [2.05, 4.69) is 15.7 Å². The summed E-state index contributed by atoms with van der Waals surface area (Å²) in [7, 11) is 0. The van der Waals surface area contributed by atoms with E-state index < -0.39 is 6.04 Å². The molecule has 142 valence electrons. The van der Waals surface area contributed by atoms with Gasteiger partial charge in [0.2, 0.25) is 11.8 Å². The van der Waals surface area contributed by atoms with E-state index in [9.17, 15) is 14.4 Å². The molecule has 2 unspecified atom stereocenters. The molecule has 1 aromatic carbocycles. The Morgan fingerprint density at radius 3 is 2.63 bits per heavy atom. The van der Waals surface area contributed by atoms with Crippen molar-refractivity contribution in [3.63, 3.8) is 0 Å². The number of nitrogens with one attached hydrogen (secondary N) is 2. The predicted octanol–water partition coefficient (Wildman–Crippen LogP) is 0.728. The van der Waals surface area contributed by atoms with Crippen LogP contribution in [-0.2, 0) is 9.59 Å². The average molecular weight is 369 g/mol. The van der Waals surface area contributed by atoms with Gasteiger partial charge in [-0.1, -0.05) is 18.2 Å². The number of para-hydroxylation sites is 1. The second-order valence-electron chi connectivity index (χ2n) is 6.50. The Labute approximate surface area is 157 Å². The van der Waals surface area contributed by atoms with E-state index in [0.717, 1.165) is 5.69 Å². The highest BCUT2D eigenvalue weighted by molar-refractivity contribution is 5.94. The maximum Gasteiger partial charge on any atom is 0.254 e. The van der Waals surface area contributed by atoms with Crippen LogP contribution in [0.5, 0.6) is 0 Å². The number of likely N-dealkylation sites (tertiary alicyclic amines) is 1. The van der Waals surface area contributed by atoms with Gasteiger partial charge < -0.3 is 15.5 Å². The average Bonchev–Trinajstić information content (AvgIpc) is 3.30. The molecule has 0 aliphatic carbocycles. The van der Waals surface area contributed by atoms with Crippen molar-refractivity contribution in [3.8, 4) is 5.69 Å². The van der Waals surface area contributed by atoms with Crippen molar-refractivity contribution < 1.29 is 14.4 Å². The Kier molecular flexibility index (Phi) is 5.54. The van der Waals surface area contributed by atoms with Gasteiger partial charge in [-0.2, -0.15) is 5.10 Å². The van der Waals surface area contributed by atoms with Crippen LogP contribution in [0, 0.1) is 0 Å². The molecule has 0 radical (unpaired) electrons. The zero-order valence-corrected chi connectivity index (χ0v) is 15.4. The van der Waals surface area contributed by atoms with Crippen LogP contribution < -0.4 is 10.6 Å². The summed E-state index contributed by atoms with van der Waals surface area (Å²) in [6.07, 6.45) is 3.55. The van der Waals surface area contributed by atoms with E-state index in [1.54, 1.807) is 10.9 Å². The number of nitrogens with zero attached hydrogens (tertiary/aromatic N) is 3. The minimum atomic E-state index is -0.556. The highest BCUT2D eigenvalue weighted by Gasteiger charge is 2.38. The number of aromatic nitrogens is 2. The molecule has 2 heterocycles. The van der Waals surface area contributed by atoms with Crippen molar-refractivity contribution in [1.82, 2.24) is 25.3 Å². The van der Waals surface area contributed by atoms with Crippen LogP contribution in [0.1, 0.15) is 30.6 Å². The minimum Gasteiger partial charge on any atom is -0.355 e. The first-order chi connectivity index (χ1) is 13.0. The molecular formula is C19H23N5O3. The van der Waals surface area contributed by atoms with Crippen molar-refractivity contribution >= 4 is 17.7 Å². The number of rotatable bonds is 5. The van der Waals surface area contributed by atoms with Crippen molar-refractivity contribution in [1.29, 1.82) is 0 Å². The lowest BCUT2D eigenvalue weighted by molar-refractivity contribution is -0.136. The SMILES string of the molecule is CCNC(=O)C1CC(NC(=O)c2cnn(-c3ccccc3)c2)CN1C(C)=O. The summed E-state index contributed by atoms with van der Waals surface area (Å²) in [6.45, 7) is 4.07. The smallest absolute Gasteiger partial charge is 0.254 e. The Bertz CT molecular complexity index is 833. The number of benzene rings is 1. The Morgan fingerprint density at radius 2 is 1.96 bits per heavy atom. The normalized spacial score (nSPS) is 19.0. The molecule has 2 N–H and O–H groups in total. The van der Waals surface area contributed by atoms with Crippen molar-refractivity contribution in [2.75, 3.05) is 13.1 Å². The van der Waals surface area contributed by atoms with Crippen LogP contribution in [0.4, 0.5) is 0 Å². The lowest BCUT2D eigenvalue weighted by Gasteiger charge is -2.21. The topological polar surface area (TPSA) is 96.3 Å². The molecule has 1 fully saturated rings. The fourth-order valence-corrected chi connectivity index (χ4v) is 3.26. The molecule has 2 atom stereocenters. The summed E-state index contributed by atoms with van der Waals surface area (Å²) in [5.41, 5.74) is 1.28. The number of carbonyl (C=O) groups is 3. The molecule has 3 rings (SSSR count). The van der Waals surface area contributed by atoms with Gasteiger partial charge in [-0.05, 0) is 25.5 Å². The number of amides is 3. The van der Waals surface area contributed by atoms with Gasteiger partial charge in [-0.25, -0.2) is 4.68 Å². The van der Waals surface area contributed by atoms with Crippen LogP contribution in [0.15, 0.2) is 42.7 Å². The Balaban J connectivity index is 1.67. The van der Waals surface area contributed by atoms with Gasteiger partial charge in [0.15, 0.2) is 0 Å². The van der Waals surface area contributed by atoms with E-state index in [4.69, 9.17) is 0 Å². The third-order valence-electron chi connectivity index (χ3n) is 4.56. The highest BCUT2D eigenvalue weighted by atomic mass is 16.2. The van der Waals surface area contributed by atoms with E-state index >= 15 is 0 Å². The molecule has 1 aliphatic heterocycles. The standard InChI is InChI=1S/C19H23N5O3/c1-3-20-19(27)17-9-15(12-23(17)13(2)25)22-18(26)14-10-21-24(11-14)16-7-5-4-6-8-16/h4-8,10-11,15,17H,3,9,12H2,1-2H3,(H,20,27)(H,22,26). The summed E-state index contributed by atoms with van der Waals surface area (Å²) in [6, 6.07) is 8.65. The second-order valence-corrected chi connectivity index (χ2v) is 6.50. The first-order valence-electron chi connectivity index (χ1n) is 8.95. The van der Waals surface area contributed by atoms with E-state index in [0.29, 0.717) is 25.1 Å². The minimum absolute atomic E-state index is 0.181. The summed E-state index contributed by atoms with van der Waals surface area (Å²) >= 11 is 0. The fourth-order valence-electron chi connectivity index (χ4n) is 3.26. The van der Waals surface area contributed by atoms with Gasteiger partial charge in [0.25, 0.3) is 5.91 Å². The summed E-state index contributed by atoms with van der Waals surface area (Å²) in [5, 5.41) is 9.87. The Hall–Kier alpha value is -3.16. The highest BCUT2D eigenvalue weighted by Crippen LogP contribution is 2.19. The molecule has 1 saturated heterocycles. The lowest BCUT2D eigenvalue weighted by Crippen LogP contribution is -2.45. The zero-order chi connectivity index (χ0) is 19.4. The summed E-state index contributed by atoms with van der Waals surface area (Å²) in [5.74, 6) is -0.650. The van der Waals surface area contributed by atoms with Crippen molar-refractivity contribution in [3.05, 3.63) is 48.3 Å². The third-order valence-corrected chi connectivity index (χ3v) is 4.56. The number of likely N-dealkylation sites (N-methyl/N-ethyl adjacent to an activating group) is 1. The van der Waals surface area contributed by atoms with Crippen LogP contribution in [0.25, 0.3) is 5.69 Å². The van der Waals surface area contributed by atoms with Gasteiger partial charge >= 0.3 is 0 Å². The van der Waals surface area contributed by atoms with Gasteiger partial charge in [0, 0.05) is 32.3 Å².